The average Bonchev–Trinajstić information content (AvgIpc) is 3.01. The van der Waals surface area contributed by atoms with E-state index < -0.39 is 0 Å². The van der Waals surface area contributed by atoms with Crippen LogP contribution in [0.5, 0.6) is 0 Å². The van der Waals surface area contributed by atoms with Crippen LogP contribution in [0.4, 0.5) is 0 Å². The molecule has 25 heavy (non-hydrogen) atoms. The standard InChI is InChI=1S/C20H21N3O2/c1-21-10-11-22-20(25)15-6-2-5-14-18-13-4-3-7-17(24)12(13)8-9-16(18)23-19(14)15/h2,5-6,8-9,21,23H,3-4,7,10-11H2,1H3,(H,22,25). The fraction of sp³-hybridized carbons (Fsp3) is 0.300. The van der Waals surface area contributed by atoms with Crippen LogP contribution in [0.25, 0.3) is 21.8 Å². The molecule has 1 amide bonds. The van der Waals surface area contributed by atoms with Crippen LogP contribution < -0.4 is 10.6 Å². The van der Waals surface area contributed by atoms with Crippen molar-refractivity contribution in [1.29, 1.82) is 0 Å². The van der Waals surface area contributed by atoms with Crippen molar-refractivity contribution in [2.45, 2.75) is 19.3 Å². The number of likely N-dealkylation sites (N-methyl/N-ethyl adjacent to an activating group) is 1. The number of benzene rings is 2. The normalized spacial score (nSPS) is 14.0. The number of fused-ring (bicyclic) bond motifs is 5. The number of hydrogen-bond donors (Lipinski definition) is 3. The third-order valence-corrected chi connectivity index (χ3v) is 4.94. The number of carbonyl (C=O) groups excluding carboxylic acids is 2. The molecule has 128 valence electrons. The van der Waals surface area contributed by atoms with E-state index in [0.717, 1.165) is 52.3 Å². The molecule has 0 atom stereocenters. The van der Waals surface area contributed by atoms with Crippen molar-refractivity contribution in [2.24, 2.45) is 0 Å². The monoisotopic (exact) mass is 335 g/mol. The highest BCUT2D eigenvalue weighted by Gasteiger charge is 2.22. The molecule has 0 saturated carbocycles. The van der Waals surface area contributed by atoms with Gasteiger partial charge in [-0.25, -0.2) is 0 Å². The van der Waals surface area contributed by atoms with E-state index >= 15 is 0 Å². The van der Waals surface area contributed by atoms with Gasteiger partial charge in [0.2, 0.25) is 0 Å². The number of nitrogens with one attached hydrogen (secondary N) is 3. The Morgan fingerprint density at radius 2 is 2.04 bits per heavy atom. The van der Waals surface area contributed by atoms with Crippen molar-refractivity contribution in [1.82, 2.24) is 15.6 Å². The van der Waals surface area contributed by atoms with Gasteiger partial charge in [0.15, 0.2) is 5.78 Å². The van der Waals surface area contributed by atoms with Gasteiger partial charge in [-0.1, -0.05) is 12.1 Å². The number of aryl methyl sites for hydroxylation is 1. The molecule has 5 nitrogen and oxygen atoms in total. The number of hydrogen-bond acceptors (Lipinski definition) is 3. The number of amides is 1. The molecular weight excluding hydrogens is 314 g/mol. The Morgan fingerprint density at radius 1 is 1.16 bits per heavy atom. The lowest BCUT2D eigenvalue weighted by atomic mass is 9.87. The van der Waals surface area contributed by atoms with Crippen molar-refractivity contribution in [2.75, 3.05) is 20.1 Å². The molecule has 1 aliphatic carbocycles. The summed E-state index contributed by atoms with van der Waals surface area (Å²) in [6.07, 6.45) is 2.42. The van der Waals surface area contributed by atoms with Crippen LogP contribution in [0.1, 0.15) is 39.1 Å². The maximum atomic E-state index is 12.5. The topological polar surface area (TPSA) is 74.0 Å². The number of Topliss-reactive ketones (excluding diaryl/α,β-unsaturated/α-hetero) is 1. The van der Waals surface area contributed by atoms with E-state index in [4.69, 9.17) is 0 Å². The van der Waals surface area contributed by atoms with Crippen LogP contribution >= 0.6 is 0 Å². The molecule has 2 aromatic carbocycles. The smallest absolute Gasteiger partial charge is 0.253 e. The summed E-state index contributed by atoms with van der Waals surface area (Å²) < 4.78 is 0. The Bertz CT molecular complexity index is 987. The highest BCUT2D eigenvalue weighted by Crippen LogP contribution is 2.35. The first-order chi connectivity index (χ1) is 12.2. The molecule has 3 N–H and O–H groups in total. The molecule has 0 bridgehead atoms. The number of aromatic nitrogens is 1. The summed E-state index contributed by atoms with van der Waals surface area (Å²) in [5, 5.41) is 8.05. The molecule has 4 rings (SSSR count). The summed E-state index contributed by atoms with van der Waals surface area (Å²) in [6, 6.07) is 9.65. The second kappa shape index (κ2) is 6.33. The van der Waals surface area contributed by atoms with Gasteiger partial charge < -0.3 is 15.6 Å². The maximum Gasteiger partial charge on any atom is 0.253 e. The quantitative estimate of drug-likeness (QED) is 0.642. The van der Waals surface area contributed by atoms with Crippen molar-refractivity contribution >= 4 is 33.5 Å². The van der Waals surface area contributed by atoms with E-state index in [9.17, 15) is 9.59 Å². The lowest BCUT2D eigenvalue weighted by molar-refractivity contribution is 0.0952. The fourth-order valence-corrected chi connectivity index (χ4v) is 3.76. The Morgan fingerprint density at radius 3 is 2.88 bits per heavy atom. The summed E-state index contributed by atoms with van der Waals surface area (Å²) in [7, 11) is 1.86. The molecular formula is C20H21N3O2. The number of carbonyl (C=O) groups is 2. The second-order valence-corrected chi connectivity index (χ2v) is 6.50. The van der Waals surface area contributed by atoms with Gasteiger partial charge >= 0.3 is 0 Å². The summed E-state index contributed by atoms with van der Waals surface area (Å²) in [6.45, 7) is 1.31. The predicted molar refractivity (Wildman–Crippen MR) is 99.3 cm³/mol. The summed E-state index contributed by atoms with van der Waals surface area (Å²) in [5.74, 6) is 0.135. The Balaban J connectivity index is 1.87. The van der Waals surface area contributed by atoms with Crippen LogP contribution in [-0.4, -0.2) is 36.8 Å². The fourth-order valence-electron chi connectivity index (χ4n) is 3.76. The number of para-hydroxylation sites is 1. The van der Waals surface area contributed by atoms with Crippen molar-refractivity contribution < 1.29 is 9.59 Å². The van der Waals surface area contributed by atoms with E-state index in [2.05, 4.69) is 15.6 Å². The van der Waals surface area contributed by atoms with E-state index in [1.54, 1.807) is 0 Å². The first-order valence-electron chi connectivity index (χ1n) is 8.73. The molecule has 0 radical (unpaired) electrons. The molecule has 0 saturated heterocycles. The molecule has 1 aliphatic rings. The minimum absolute atomic E-state index is 0.0858. The summed E-state index contributed by atoms with van der Waals surface area (Å²) >= 11 is 0. The van der Waals surface area contributed by atoms with Gasteiger partial charge in [-0.15, -0.1) is 0 Å². The maximum absolute atomic E-state index is 12.5. The van der Waals surface area contributed by atoms with Crippen molar-refractivity contribution in [3.63, 3.8) is 0 Å². The summed E-state index contributed by atoms with van der Waals surface area (Å²) in [4.78, 5) is 28.2. The SMILES string of the molecule is CNCCNC(=O)c1cccc2c1[nH]c1ccc3c(c12)CCCC3=O. The van der Waals surface area contributed by atoms with Crippen LogP contribution in [0.3, 0.4) is 0 Å². The predicted octanol–water partition coefficient (Wildman–Crippen LogP) is 2.79. The lowest BCUT2D eigenvalue weighted by Gasteiger charge is -2.15. The highest BCUT2D eigenvalue weighted by atomic mass is 16.1. The van der Waals surface area contributed by atoms with Crippen molar-refractivity contribution in [3.8, 4) is 0 Å². The van der Waals surface area contributed by atoms with Gasteiger partial charge in [-0.2, -0.15) is 0 Å². The van der Waals surface area contributed by atoms with Gasteiger partial charge in [0.1, 0.15) is 0 Å². The van der Waals surface area contributed by atoms with Gasteiger partial charge in [0.25, 0.3) is 5.91 Å². The molecule has 0 unspecified atom stereocenters. The lowest BCUT2D eigenvalue weighted by Crippen LogP contribution is -2.30. The number of rotatable bonds is 4. The molecule has 0 spiro atoms. The van der Waals surface area contributed by atoms with Gasteiger partial charge in [0, 0.05) is 41.4 Å². The Hall–Kier alpha value is -2.66. The van der Waals surface area contributed by atoms with Crippen LogP contribution in [0.15, 0.2) is 30.3 Å². The third kappa shape index (κ3) is 2.61. The first-order valence-corrected chi connectivity index (χ1v) is 8.73. The Labute approximate surface area is 145 Å². The number of aromatic amines is 1. The first kappa shape index (κ1) is 15.8. The highest BCUT2D eigenvalue weighted by molar-refractivity contribution is 6.18. The molecule has 0 fully saturated rings. The zero-order valence-corrected chi connectivity index (χ0v) is 14.2. The molecule has 1 aromatic heterocycles. The van der Waals surface area contributed by atoms with Gasteiger partial charge in [-0.3, -0.25) is 9.59 Å². The largest absolute Gasteiger partial charge is 0.354 e. The van der Waals surface area contributed by atoms with Gasteiger partial charge in [-0.05, 0) is 43.7 Å². The van der Waals surface area contributed by atoms with E-state index in [-0.39, 0.29) is 11.7 Å². The minimum atomic E-state index is -0.0858. The second-order valence-electron chi connectivity index (χ2n) is 6.50. The summed E-state index contributed by atoms with van der Waals surface area (Å²) in [5.41, 5.74) is 4.42. The third-order valence-electron chi connectivity index (χ3n) is 4.94. The molecule has 3 aromatic rings. The number of ketones is 1. The van der Waals surface area contributed by atoms with Gasteiger partial charge in [0.05, 0.1) is 11.1 Å². The molecule has 5 heteroatoms. The molecule has 0 aliphatic heterocycles. The zero-order chi connectivity index (χ0) is 17.4. The minimum Gasteiger partial charge on any atom is -0.354 e. The van der Waals surface area contributed by atoms with E-state index in [1.807, 2.05) is 37.4 Å². The average molecular weight is 335 g/mol. The number of H-pyrrole nitrogens is 1. The van der Waals surface area contributed by atoms with E-state index in [0.29, 0.717) is 18.5 Å². The zero-order valence-electron chi connectivity index (χ0n) is 14.2. The van der Waals surface area contributed by atoms with Crippen LogP contribution in [-0.2, 0) is 6.42 Å². The van der Waals surface area contributed by atoms with Crippen molar-refractivity contribution in [3.05, 3.63) is 47.0 Å². The molecule has 1 heterocycles. The van der Waals surface area contributed by atoms with Crippen LogP contribution in [0, 0.1) is 0 Å². The van der Waals surface area contributed by atoms with E-state index in [1.165, 1.54) is 0 Å². The van der Waals surface area contributed by atoms with Crippen LogP contribution in [0.2, 0.25) is 0 Å². The Kier molecular flexibility index (Phi) is 4.01.